The summed E-state index contributed by atoms with van der Waals surface area (Å²) in [5.74, 6) is 3.51. The molecule has 18 heavy (non-hydrogen) atoms. The van der Waals surface area contributed by atoms with Crippen LogP contribution >= 0.6 is 15.9 Å². The normalized spacial score (nSPS) is 69.9. The lowest BCUT2D eigenvalue weighted by Gasteiger charge is -2.91. The molecule has 96 valence electrons. The van der Waals surface area contributed by atoms with Crippen LogP contribution in [0.4, 0.5) is 0 Å². The fourth-order valence-electron chi connectivity index (χ4n) is 7.17. The minimum atomic E-state index is -0.355. The van der Waals surface area contributed by atoms with E-state index in [0.717, 1.165) is 13.2 Å². The zero-order valence-corrected chi connectivity index (χ0v) is 11.6. The minimum Gasteiger partial charge on any atom is -0.350 e. The number of carbonyl (C=O) groups is 1. The first-order valence-corrected chi connectivity index (χ1v) is 7.65. The van der Waals surface area contributed by atoms with E-state index in [2.05, 4.69) is 21.2 Å². The summed E-state index contributed by atoms with van der Waals surface area (Å²) in [5, 5.41) is 3.26. The van der Waals surface area contributed by atoms with Crippen molar-refractivity contribution in [2.24, 2.45) is 35.5 Å². The van der Waals surface area contributed by atoms with Gasteiger partial charge in [-0.25, -0.2) is 0 Å². The molecule has 1 N–H and O–H groups in total. The van der Waals surface area contributed by atoms with Crippen LogP contribution in [0.1, 0.15) is 6.92 Å². The van der Waals surface area contributed by atoms with E-state index in [-0.39, 0.29) is 21.6 Å². The summed E-state index contributed by atoms with van der Waals surface area (Å²) in [4.78, 5) is 11.4. The summed E-state index contributed by atoms with van der Waals surface area (Å²) < 4.78 is 12.2. The van der Waals surface area contributed by atoms with Gasteiger partial charge in [-0.1, -0.05) is 15.9 Å². The Morgan fingerprint density at radius 3 is 2.22 bits per heavy atom. The molecule has 1 spiro atoms. The van der Waals surface area contributed by atoms with Crippen molar-refractivity contribution in [1.29, 1.82) is 0 Å². The maximum absolute atomic E-state index is 11.4. The number of rotatable bonds is 1. The summed E-state index contributed by atoms with van der Waals surface area (Å²) in [7, 11) is 0. The van der Waals surface area contributed by atoms with Crippen molar-refractivity contribution in [1.82, 2.24) is 5.32 Å². The zero-order valence-electron chi connectivity index (χ0n) is 9.98. The lowest BCUT2D eigenvalue weighted by molar-refractivity contribution is -0.391. The highest BCUT2D eigenvalue weighted by molar-refractivity contribution is 9.10. The second-order valence-electron chi connectivity index (χ2n) is 6.90. The van der Waals surface area contributed by atoms with Crippen LogP contribution in [-0.4, -0.2) is 34.8 Å². The highest BCUT2D eigenvalue weighted by atomic mass is 79.9. The molecule has 0 aromatic rings. The Bertz CT molecular complexity index is 508. The average molecular weight is 312 g/mol. The number of amides is 1. The molecule has 0 aromatic carbocycles. The van der Waals surface area contributed by atoms with Crippen molar-refractivity contribution >= 4 is 21.8 Å². The lowest BCUT2D eigenvalue weighted by atomic mass is 9.16. The molecule has 1 heterocycles. The first-order chi connectivity index (χ1) is 8.61. The SMILES string of the molecule is CC(=O)NC12C3[C@@H]4[C@H]1C1[C@H]2[C@H]3C4(Br)C12OCCO2. The topological polar surface area (TPSA) is 47.6 Å². The first-order valence-electron chi connectivity index (χ1n) is 6.86. The van der Waals surface area contributed by atoms with E-state index < -0.39 is 0 Å². The Hall–Kier alpha value is -0.130. The molecular formula is C13H14BrNO3. The van der Waals surface area contributed by atoms with Crippen LogP contribution in [0.2, 0.25) is 0 Å². The lowest BCUT2D eigenvalue weighted by Crippen LogP contribution is -2.99. The first kappa shape index (κ1) is 9.72. The predicted octanol–water partition coefficient (Wildman–Crippen LogP) is 0.503. The van der Waals surface area contributed by atoms with Crippen LogP contribution in [0, 0.1) is 35.5 Å². The second kappa shape index (κ2) is 2.21. The van der Waals surface area contributed by atoms with Crippen molar-refractivity contribution in [3.05, 3.63) is 0 Å². The molecule has 7 rings (SSSR count). The quantitative estimate of drug-likeness (QED) is 0.718. The molecule has 1 aliphatic heterocycles. The Labute approximate surface area is 113 Å². The van der Waals surface area contributed by atoms with Crippen LogP contribution in [0.15, 0.2) is 0 Å². The summed E-state index contributed by atoms with van der Waals surface area (Å²) in [6.07, 6.45) is 0. The van der Waals surface area contributed by atoms with Gasteiger partial charge in [-0.05, 0) is 29.6 Å². The molecule has 6 aliphatic carbocycles. The van der Waals surface area contributed by atoms with Crippen molar-refractivity contribution < 1.29 is 14.3 Å². The maximum atomic E-state index is 11.4. The Morgan fingerprint density at radius 2 is 1.67 bits per heavy atom. The van der Waals surface area contributed by atoms with Gasteiger partial charge in [0.25, 0.3) is 0 Å². The molecule has 2 bridgehead atoms. The van der Waals surface area contributed by atoms with Gasteiger partial charge < -0.3 is 14.8 Å². The molecule has 6 saturated carbocycles. The van der Waals surface area contributed by atoms with Gasteiger partial charge in [0.2, 0.25) is 5.91 Å². The van der Waals surface area contributed by atoms with Gasteiger partial charge in [-0.15, -0.1) is 0 Å². The van der Waals surface area contributed by atoms with Gasteiger partial charge in [-0.3, -0.25) is 4.79 Å². The van der Waals surface area contributed by atoms with Crippen molar-refractivity contribution in [3.63, 3.8) is 0 Å². The Morgan fingerprint density at radius 1 is 1.11 bits per heavy atom. The van der Waals surface area contributed by atoms with E-state index >= 15 is 0 Å². The fourth-order valence-corrected chi connectivity index (χ4v) is 8.80. The highest BCUT2D eigenvalue weighted by Gasteiger charge is 3.09. The van der Waals surface area contributed by atoms with Crippen LogP contribution in [0.5, 0.6) is 0 Å². The van der Waals surface area contributed by atoms with Crippen molar-refractivity contribution in [2.75, 3.05) is 13.2 Å². The van der Waals surface area contributed by atoms with Gasteiger partial charge in [0.05, 0.1) is 23.1 Å². The molecular weight excluding hydrogens is 298 g/mol. The van der Waals surface area contributed by atoms with Gasteiger partial charge >= 0.3 is 0 Å². The van der Waals surface area contributed by atoms with E-state index in [4.69, 9.17) is 9.47 Å². The van der Waals surface area contributed by atoms with E-state index in [1.165, 1.54) is 0 Å². The van der Waals surface area contributed by atoms with E-state index in [1.807, 2.05) is 0 Å². The Kier molecular flexibility index (Phi) is 1.19. The summed E-state index contributed by atoms with van der Waals surface area (Å²) in [5.41, 5.74) is 0.141. The number of hydrogen-bond donors (Lipinski definition) is 1. The Balaban J connectivity index is 1.49. The van der Waals surface area contributed by atoms with Gasteiger partial charge in [-0.2, -0.15) is 0 Å². The van der Waals surface area contributed by atoms with Crippen molar-refractivity contribution in [3.8, 4) is 0 Å². The number of alkyl halides is 1. The summed E-state index contributed by atoms with van der Waals surface area (Å²) in [6, 6.07) is 0. The van der Waals surface area contributed by atoms with Crippen LogP contribution < -0.4 is 5.32 Å². The summed E-state index contributed by atoms with van der Waals surface area (Å²) >= 11 is 4.00. The zero-order chi connectivity index (χ0) is 12.1. The number of ether oxygens (including phenoxy) is 2. The molecule has 7 fully saturated rings. The minimum absolute atomic E-state index is 0.0708. The second-order valence-corrected chi connectivity index (χ2v) is 8.21. The van der Waals surface area contributed by atoms with Crippen LogP contribution in [-0.2, 0) is 14.3 Å². The molecule has 1 amide bonds. The van der Waals surface area contributed by atoms with Gasteiger partial charge in [0, 0.05) is 12.8 Å². The van der Waals surface area contributed by atoms with E-state index in [0.29, 0.717) is 35.5 Å². The largest absolute Gasteiger partial charge is 0.350 e. The fraction of sp³-hybridized carbons (Fsp3) is 0.923. The van der Waals surface area contributed by atoms with Gasteiger partial charge in [0.15, 0.2) is 5.79 Å². The monoisotopic (exact) mass is 311 g/mol. The molecule has 0 radical (unpaired) electrons. The molecule has 1 saturated heterocycles. The average Bonchev–Trinajstić information content (AvgIpc) is 2.86. The number of nitrogens with one attached hydrogen (secondary N) is 1. The van der Waals surface area contributed by atoms with Crippen LogP contribution in [0.3, 0.4) is 0 Å². The van der Waals surface area contributed by atoms with Crippen molar-refractivity contribution in [2.45, 2.75) is 22.6 Å². The third-order valence-corrected chi connectivity index (χ3v) is 8.64. The number of carbonyl (C=O) groups excluding carboxylic acids is 1. The molecule has 7 aliphatic rings. The van der Waals surface area contributed by atoms with E-state index in [9.17, 15) is 4.79 Å². The molecule has 0 aromatic heterocycles. The highest BCUT2D eigenvalue weighted by Crippen LogP contribution is 3.01. The number of halogens is 1. The molecule has 5 heteroatoms. The smallest absolute Gasteiger partial charge is 0.217 e. The predicted molar refractivity (Wildman–Crippen MR) is 63.8 cm³/mol. The third-order valence-electron chi connectivity index (χ3n) is 7.03. The number of hydrogen-bond acceptors (Lipinski definition) is 3. The van der Waals surface area contributed by atoms with Crippen LogP contribution in [0.25, 0.3) is 0 Å². The van der Waals surface area contributed by atoms with Gasteiger partial charge in [0.1, 0.15) is 0 Å². The standard InChI is InChI=1S/C13H14BrNO3/c1-4(16)15-11-5-8-6(11)10-7(11)9(5)12(8,14)13(10)17-2-3-18-13/h5-10H,2-3H2,1H3,(H,15,16)/t5?,6-,7+,8+,9-,10?,11?,12?. The maximum Gasteiger partial charge on any atom is 0.217 e. The summed E-state index contributed by atoms with van der Waals surface area (Å²) in [6.45, 7) is 3.08. The third kappa shape index (κ3) is 0.511. The van der Waals surface area contributed by atoms with E-state index in [1.54, 1.807) is 6.92 Å². The molecule has 8 atom stereocenters. The molecule has 4 nitrogen and oxygen atoms in total. The molecule has 4 unspecified atom stereocenters.